The summed E-state index contributed by atoms with van der Waals surface area (Å²) in [5, 5.41) is 0. The molecule has 0 saturated carbocycles. The molecule has 23 heavy (non-hydrogen) atoms. The highest BCUT2D eigenvalue weighted by Gasteiger charge is 1.99. The van der Waals surface area contributed by atoms with Crippen molar-refractivity contribution >= 4 is 5.69 Å². The molecule has 0 aliphatic carbocycles. The normalized spacial score (nSPS) is 11.0. The zero-order chi connectivity index (χ0) is 16.6. The van der Waals surface area contributed by atoms with Gasteiger partial charge >= 0.3 is 0 Å². The monoisotopic (exact) mass is 320 g/mol. The zero-order valence-corrected chi connectivity index (χ0v) is 15.3. The average molecular weight is 321 g/mol. The molecule has 0 aliphatic heterocycles. The molecule has 0 saturated heterocycles. The third-order valence-corrected chi connectivity index (χ3v) is 4.52. The van der Waals surface area contributed by atoms with E-state index in [2.05, 4.69) is 16.5 Å². The van der Waals surface area contributed by atoms with E-state index in [0.29, 0.717) is 0 Å². The van der Waals surface area contributed by atoms with Crippen molar-refractivity contribution in [3.05, 3.63) is 18.7 Å². The number of nitrogen functional groups attached to an aromatic ring is 1. The molecule has 3 nitrogen and oxygen atoms in total. The first-order valence-electron chi connectivity index (χ1n) is 9.92. The highest BCUT2D eigenvalue weighted by molar-refractivity contribution is 5.27. The molecule has 0 aromatic carbocycles. The lowest BCUT2D eigenvalue weighted by molar-refractivity contribution is -0.699. The first-order valence-corrected chi connectivity index (χ1v) is 9.92. The molecule has 3 heteroatoms. The van der Waals surface area contributed by atoms with Gasteiger partial charge < -0.3 is 5.73 Å². The fourth-order valence-electron chi connectivity index (χ4n) is 3.07. The minimum atomic E-state index is 0.748. The van der Waals surface area contributed by atoms with Crippen molar-refractivity contribution in [2.45, 2.75) is 103 Å². The molecular weight excluding hydrogens is 282 g/mol. The number of nitrogens with two attached hydrogens (primary N) is 1. The van der Waals surface area contributed by atoms with Gasteiger partial charge in [0.15, 0.2) is 6.20 Å². The average Bonchev–Trinajstić information content (AvgIpc) is 2.55. The van der Waals surface area contributed by atoms with Gasteiger partial charge in [0, 0.05) is 0 Å². The summed E-state index contributed by atoms with van der Waals surface area (Å²) in [6.07, 6.45) is 25.2. The van der Waals surface area contributed by atoms with Crippen LogP contribution in [-0.4, -0.2) is 4.98 Å². The highest BCUT2D eigenvalue weighted by atomic mass is 15.0. The summed E-state index contributed by atoms with van der Waals surface area (Å²) in [5.41, 5.74) is 6.47. The molecule has 1 rings (SSSR count). The van der Waals surface area contributed by atoms with Crippen LogP contribution in [0.15, 0.2) is 18.7 Å². The third kappa shape index (κ3) is 12.0. The Labute approximate surface area is 143 Å². The molecule has 0 amide bonds. The van der Waals surface area contributed by atoms with Crippen LogP contribution in [0.5, 0.6) is 0 Å². The number of rotatable bonds is 15. The fourth-order valence-corrected chi connectivity index (χ4v) is 3.07. The smallest absolute Gasteiger partial charge is 0.286 e. The van der Waals surface area contributed by atoms with Gasteiger partial charge in [-0.3, -0.25) is 0 Å². The number of hydrogen-bond donors (Lipinski definition) is 1. The minimum Gasteiger partial charge on any atom is -0.393 e. The topological polar surface area (TPSA) is 42.8 Å². The summed E-state index contributed by atoms with van der Waals surface area (Å²) in [5.74, 6) is 0. The van der Waals surface area contributed by atoms with Crippen LogP contribution in [0, 0.1) is 0 Å². The van der Waals surface area contributed by atoms with Gasteiger partial charge in [-0.1, -0.05) is 89.0 Å². The third-order valence-electron chi connectivity index (χ3n) is 4.52. The summed E-state index contributed by atoms with van der Waals surface area (Å²) in [6, 6.07) is 0. The molecule has 0 unspecified atom stereocenters. The molecule has 0 bridgehead atoms. The number of nitrogens with zero attached hydrogens (tertiary/aromatic N) is 2. The van der Waals surface area contributed by atoms with Crippen molar-refractivity contribution in [1.82, 2.24) is 4.98 Å². The molecule has 0 aliphatic rings. The standard InChI is InChI=1S/C20H38N3/c1-2-3-4-5-6-7-8-9-10-11-12-13-14-15-16-23-18-20(21)17-22-19-23/h17-19H,2-16,21H2,1H3/q+1. The molecule has 0 radical (unpaired) electrons. The Morgan fingerprint density at radius 1 is 0.783 bits per heavy atom. The van der Waals surface area contributed by atoms with Gasteiger partial charge in [0.2, 0.25) is 0 Å². The van der Waals surface area contributed by atoms with Crippen molar-refractivity contribution in [1.29, 1.82) is 0 Å². The Morgan fingerprint density at radius 3 is 1.74 bits per heavy atom. The van der Waals surface area contributed by atoms with Crippen molar-refractivity contribution in [3.8, 4) is 0 Å². The highest BCUT2D eigenvalue weighted by Crippen LogP contribution is 2.12. The SMILES string of the molecule is CCCCCCCCCCCCCCCC[n+]1cncc(N)c1. The van der Waals surface area contributed by atoms with E-state index in [-0.39, 0.29) is 0 Å². The largest absolute Gasteiger partial charge is 0.393 e. The van der Waals surface area contributed by atoms with Crippen molar-refractivity contribution in [2.24, 2.45) is 0 Å². The minimum absolute atomic E-state index is 0.748. The molecule has 1 aromatic rings. The maximum atomic E-state index is 5.73. The van der Waals surface area contributed by atoms with Crippen LogP contribution in [0.25, 0.3) is 0 Å². The van der Waals surface area contributed by atoms with Gasteiger partial charge in [0.25, 0.3) is 6.33 Å². The Morgan fingerprint density at radius 2 is 1.26 bits per heavy atom. The van der Waals surface area contributed by atoms with Gasteiger partial charge in [0.05, 0.1) is 6.54 Å². The molecule has 0 atom stereocenters. The number of anilines is 1. The fraction of sp³-hybridized carbons (Fsp3) is 0.800. The predicted molar refractivity (Wildman–Crippen MR) is 99.2 cm³/mol. The van der Waals surface area contributed by atoms with Gasteiger partial charge in [-0.05, 0) is 12.8 Å². The predicted octanol–water partition coefficient (Wildman–Crippen LogP) is 5.43. The summed E-state index contributed by atoms with van der Waals surface area (Å²) >= 11 is 0. The first kappa shape index (κ1) is 19.9. The maximum Gasteiger partial charge on any atom is 0.286 e. The summed E-state index contributed by atoms with van der Waals surface area (Å²) in [6.45, 7) is 3.32. The molecule has 2 N–H and O–H groups in total. The first-order chi connectivity index (χ1) is 11.3. The number of aromatic nitrogens is 2. The lowest BCUT2D eigenvalue weighted by Crippen LogP contribution is -2.33. The Kier molecular flexibility index (Phi) is 12.5. The van der Waals surface area contributed by atoms with Gasteiger partial charge in [-0.15, -0.1) is 0 Å². The molecular formula is C20H38N3+. The van der Waals surface area contributed by atoms with E-state index < -0.39 is 0 Å². The van der Waals surface area contributed by atoms with E-state index >= 15 is 0 Å². The lowest BCUT2D eigenvalue weighted by Gasteiger charge is -2.03. The number of unbranched alkanes of at least 4 members (excludes halogenated alkanes) is 13. The summed E-state index contributed by atoms with van der Waals surface area (Å²) < 4.78 is 2.09. The van der Waals surface area contributed by atoms with E-state index in [1.807, 2.05) is 12.5 Å². The molecule has 0 fully saturated rings. The lowest BCUT2D eigenvalue weighted by atomic mass is 10.0. The van der Waals surface area contributed by atoms with Crippen LogP contribution in [0.4, 0.5) is 5.69 Å². The number of hydrogen-bond acceptors (Lipinski definition) is 2. The van der Waals surface area contributed by atoms with Crippen molar-refractivity contribution in [3.63, 3.8) is 0 Å². The van der Waals surface area contributed by atoms with E-state index in [0.717, 1.165) is 12.2 Å². The van der Waals surface area contributed by atoms with Crippen LogP contribution in [0.3, 0.4) is 0 Å². The molecule has 1 heterocycles. The second-order valence-electron chi connectivity index (χ2n) is 6.86. The van der Waals surface area contributed by atoms with Crippen LogP contribution in [0.2, 0.25) is 0 Å². The van der Waals surface area contributed by atoms with E-state index in [1.165, 1.54) is 89.9 Å². The van der Waals surface area contributed by atoms with Crippen LogP contribution >= 0.6 is 0 Å². The summed E-state index contributed by atoms with van der Waals surface area (Å²) in [7, 11) is 0. The molecule has 0 spiro atoms. The van der Waals surface area contributed by atoms with Gasteiger partial charge in [-0.25, -0.2) is 4.57 Å². The van der Waals surface area contributed by atoms with E-state index in [9.17, 15) is 0 Å². The molecule has 132 valence electrons. The molecule has 1 aromatic heterocycles. The van der Waals surface area contributed by atoms with Crippen LogP contribution in [-0.2, 0) is 6.54 Å². The maximum absolute atomic E-state index is 5.73. The van der Waals surface area contributed by atoms with Crippen molar-refractivity contribution < 1.29 is 4.57 Å². The van der Waals surface area contributed by atoms with Crippen LogP contribution in [0.1, 0.15) is 96.8 Å². The quantitative estimate of drug-likeness (QED) is 0.346. The van der Waals surface area contributed by atoms with Gasteiger partial charge in [-0.2, -0.15) is 0 Å². The van der Waals surface area contributed by atoms with Crippen LogP contribution < -0.4 is 10.3 Å². The number of aryl methyl sites for hydroxylation is 1. The van der Waals surface area contributed by atoms with E-state index in [1.54, 1.807) is 6.20 Å². The zero-order valence-electron chi connectivity index (χ0n) is 15.3. The Bertz CT molecular complexity index is 379. The second-order valence-corrected chi connectivity index (χ2v) is 6.86. The Hall–Kier alpha value is -1.12. The van der Waals surface area contributed by atoms with E-state index in [4.69, 9.17) is 5.73 Å². The summed E-state index contributed by atoms with van der Waals surface area (Å²) in [4.78, 5) is 4.11. The Balaban J connectivity index is 1.78. The van der Waals surface area contributed by atoms with Gasteiger partial charge in [0.1, 0.15) is 11.9 Å². The second kappa shape index (κ2) is 14.5. The van der Waals surface area contributed by atoms with Crippen molar-refractivity contribution in [2.75, 3.05) is 5.73 Å².